The topological polar surface area (TPSA) is 155 Å². The second-order valence-electron chi connectivity index (χ2n) is 5.72. The first-order valence-corrected chi connectivity index (χ1v) is 10.8. The number of rotatable bonds is 5. The molecule has 0 atom stereocenters. The number of H-pyrrole nitrogens is 1. The Morgan fingerprint density at radius 3 is 2.32 bits per heavy atom. The molecule has 0 saturated heterocycles. The molecule has 0 unspecified atom stereocenters. The number of nitrogens with one attached hydrogen (secondary N) is 2. The Labute approximate surface area is 177 Å². The maximum Gasteiger partial charge on any atom is 0.490 e. The number of aromatic nitrogens is 4. The van der Waals surface area contributed by atoms with Crippen molar-refractivity contribution >= 4 is 33.1 Å². The molecule has 0 aromatic carbocycles. The molecule has 3 aromatic rings. The van der Waals surface area contributed by atoms with Crippen LogP contribution in [0.5, 0.6) is 0 Å². The molecule has 0 aliphatic carbocycles. The largest absolute Gasteiger partial charge is 0.490 e. The number of sulfone groups is 1. The summed E-state index contributed by atoms with van der Waals surface area (Å²) in [6, 6.07) is 6.47. The van der Waals surface area contributed by atoms with Gasteiger partial charge in [-0.3, -0.25) is 14.9 Å². The molecule has 3 aromatic heterocycles. The first kappa shape index (κ1) is 23.9. The highest BCUT2D eigenvalue weighted by atomic mass is 32.2. The van der Waals surface area contributed by atoms with Crippen molar-refractivity contribution in [2.24, 2.45) is 0 Å². The first-order valence-electron chi connectivity index (χ1n) is 8.08. The predicted octanol–water partition coefficient (Wildman–Crippen LogP) is 1.90. The quantitative estimate of drug-likeness (QED) is 0.503. The summed E-state index contributed by atoms with van der Waals surface area (Å²) in [4.78, 5) is 29.5. The van der Waals surface area contributed by atoms with E-state index in [0.29, 0.717) is 16.5 Å². The van der Waals surface area contributed by atoms with E-state index in [4.69, 9.17) is 9.90 Å². The Morgan fingerprint density at radius 1 is 1.19 bits per heavy atom. The minimum atomic E-state index is -5.08. The average Bonchev–Trinajstić information content (AvgIpc) is 3.36. The van der Waals surface area contributed by atoms with Gasteiger partial charge >= 0.3 is 12.1 Å². The highest BCUT2D eigenvalue weighted by Gasteiger charge is 2.38. The highest BCUT2D eigenvalue weighted by Crippen LogP contribution is 2.21. The molecule has 15 heteroatoms. The number of thiophene rings is 1. The number of nitrogens with zero attached hydrogens (tertiary/aromatic N) is 3. The molecule has 3 rings (SSSR count). The van der Waals surface area contributed by atoms with E-state index in [1.54, 1.807) is 24.5 Å². The Bertz CT molecular complexity index is 1160. The van der Waals surface area contributed by atoms with Gasteiger partial charge in [0.2, 0.25) is 0 Å². The van der Waals surface area contributed by atoms with Gasteiger partial charge in [0.05, 0.1) is 11.4 Å². The molecular formula is C16H14F3N5O5S2. The number of aliphatic carboxylic acids is 1. The molecule has 0 saturated carbocycles. The Morgan fingerprint density at radius 2 is 1.81 bits per heavy atom. The van der Waals surface area contributed by atoms with Crippen LogP contribution in [-0.4, -0.2) is 58.0 Å². The molecule has 31 heavy (non-hydrogen) atoms. The number of hydrogen-bond donors (Lipinski definition) is 3. The van der Waals surface area contributed by atoms with E-state index in [-0.39, 0.29) is 16.7 Å². The van der Waals surface area contributed by atoms with Gasteiger partial charge in [-0.05, 0) is 24.3 Å². The number of pyridine rings is 1. The number of carboxylic acids is 1. The zero-order chi connectivity index (χ0) is 23.2. The lowest BCUT2D eigenvalue weighted by atomic mass is 10.2. The molecular weight excluding hydrogens is 463 g/mol. The molecule has 0 bridgehead atoms. The molecule has 10 nitrogen and oxygen atoms in total. The van der Waals surface area contributed by atoms with Crippen LogP contribution in [0.4, 0.5) is 13.2 Å². The van der Waals surface area contributed by atoms with Crippen molar-refractivity contribution in [1.29, 1.82) is 0 Å². The predicted molar refractivity (Wildman–Crippen MR) is 102 cm³/mol. The van der Waals surface area contributed by atoms with Gasteiger partial charge in [-0.2, -0.15) is 18.3 Å². The third kappa shape index (κ3) is 7.14. The van der Waals surface area contributed by atoms with E-state index in [1.165, 1.54) is 12.1 Å². The van der Waals surface area contributed by atoms with Crippen molar-refractivity contribution in [1.82, 2.24) is 25.5 Å². The summed E-state index contributed by atoms with van der Waals surface area (Å²) in [7, 11) is -3.31. The van der Waals surface area contributed by atoms with Crippen molar-refractivity contribution in [3.8, 4) is 11.4 Å². The van der Waals surface area contributed by atoms with Gasteiger partial charge in [-0.1, -0.05) is 0 Å². The maximum absolute atomic E-state index is 12.1. The van der Waals surface area contributed by atoms with Crippen LogP contribution in [0, 0.1) is 0 Å². The Kier molecular flexibility index (Phi) is 7.46. The number of amides is 1. The number of carbonyl (C=O) groups excluding carboxylic acids is 1. The van der Waals surface area contributed by atoms with Crippen LogP contribution >= 0.6 is 11.3 Å². The van der Waals surface area contributed by atoms with E-state index in [1.807, 2.05) is 0 Å². The number of carbonyl (C=O) groups is 2. The lowest BCUT2D eigenvalue weighted by molar-refractivity contribution is -0.192. The van der Waals surface area contributed by atoms with Crippen molar-refractivity contribution in [2.75, 3.05) is 6.26 Å². The number of halogens is 3. The number of hydrogen-bond acceptors (Lipinski definition) is 8. The molecule has 3 heterocycles. The number of aromatic amines is 1. The van der Waals surface area contributed by atoms with E-state index >= 15 is 0 Å². The van der Waals surface area contributed by atoms with Gasteiger partial charge in [0.15, 0.2) is 15.7 Å². The fourth-order valence-electron chi connectivity index (χ4n) is 1.90. The average molecular weight is 477 g/mol. The third-order valence-electron chi connectivity index (χ3n) is 3.30. The van der Waals surface area contributed by atoms with Crippen molar-refractivity contribution in [2.45, 2.75) is 16.9 Å². The fourth-order valence-corrected chi connectivity index (χ4v) is 3.74. The summed E-state index contributed by atoms with van der Waals surface area (Å²) in [5.41, 5.74) is 0.815. The normalized spacial score (nSPS) is 11.4. The highest BCUT2D eigenvalue weighted by molar-refractivity contribution is 7.92. The second-order valence-corrected chi connectivity index (χ2v) is 9.04. The summed E-state index contributed by atoms with van der Waals surface area (Å²) >= 11 is 0.932. The van der Waals surface area contributed by atoms with Crippen LogP contribution in [0.25, 0.3) is 11.4 Å². The molecule has 166 valence electrons. The van der Waals surface area contributed by atoms with Gasteiger partial charge in [-0.15, -0.1) is 11.3 Å². The molecule has 3 N–H and O–H groups in total. The SMILES string of the molecule is CS(=O)(=O)c1ccc(C(=O)NCc2nc(-c3ccncc3)n[nH]2)s1.O=C(O)C(F)(F)F. The van der Waals surface area contributed by atoms with Crippen LogP contribution in [0.15, 0.2) is 40.9 Å². The third-order valence-corrected chi connectivity index (χ3v) is 6.20. The molecule has 0 fully saturated rings. The fraction of sp³-hybridized carbons (Fsp3) is 0.188. The first-order chi connectivity index (χ1) is 14.4. The summed E-state index contributed by atoms with van der Waals surface area (Å²) in [5, 5.41) is 16.6. The van der Waals surface area contributed by atoms with E-state index in [2.05, 4.69) is 25.5 Å². The summed E-state index contributed by atoms with van der Waals surface area (Å²) < 4.78 is 54.8. The summed E-state index contributed by atoms with van der Waals surface area (Å²) in [6.45, 7) is 0.156. The molecule has 0 radical (unpaired) electrons. The zero-order valence-electron chi connectivity index (χ0n) is 15.5. The molecule has 0 spiro atoms. The van der Waals surface area contributed by atoms with Crippen molar-refractivity contribution in [3.05, 3.63) is 47.4 Å². The van der Waals surface area contributed by atoms with Gasteiger partial charge in [0.25, 0.3) is 5.91 Å². The maximum atomic E-state index is 12.1. The Hall–Kier alpha value is -3.33. The van der Waals surface area contributed by atoms with Gasteiger partial charge in [0.1, 0.15) is 10.0 Å². The van der Waals surface area contributed by atoms with Crippen LogP contribution in [0.1, 0.15) is 15.5 Å². The zero-order valence-corrected chi connectivity index (χ0v) is 17.2. The number of alkyl halides is 3. The van der Waals surface area contributed by atoms with Crippen molar-refractivity contribution in [3.63, 3.8) is 0 Å². The lowest BCUT2D eigenvalue weighted by Gasteiger charge is -2.00. The van der Waals surface area contributed by atoms with Crippen LogP contribution in [0.2, 0.25) is 0 Å². The molecule has 0 aliphatic rings. The molecule has 0 aliphatic heterocycles. The minimum Gasteiger partial charge on any atom is -0.475 e. The van der Waals surface area contributed by atoms with E-state index in [9.17, 15) is 26.4 Å². The van der Waals surface area contributed by atoms with Crippen LogP contribution in [0.3, 0.4) is 0 Å². The monoisotopic (exact) mass is 477 g/mol. The van der Waals surface area contributed by atoms with E-state index < -0.39 is 22.0 Å². The van der Waals surface area contributed by atoms with Crippen LogP contribution < -0.4 is 5.32 Å². The molecule has 1 amide bonds. The van der Waals surface area contributed by atoms with Crippen LogP contribution in [-0.2, 0) is 21.2 Å². The lowest BCUT2D eigenvalue weighted by Crippen LogP contribution is -2.22. The summed E-state index contributed by atoms with van der Waals surface area (Å²) in [6.07, 6.45) is -0.692. The number of carboxylic acid groups (broad SMARTS) is 1. The van der Waals surface area contributed by atoms with Gasteiger partial charge in [0, 0.05) is 24.2 Å². The summed E-state index contributed by atoms with van der Waals surface area (Å²) in [5.74, 6) is -2.11. The van der Waals surface area contributed by atoms with Gasteiger partial charge < -0.3 is 10.4 Å². The van der Waals surface area contributed by atoms with Crippen molar-refractivity contribution < 1.29 is 36.3 Å². The minimum absolute atomic E-state index is 0.156. The standard InChI is InChI=1S/C14H13N5O3S2.C2HF3O2/c1-24(21,22)12-3-2-10(23-12)14(20)16-8-11-17-13(19-18-11)9-4-6-15-7-5-9;3-2(4,5)1(6)7/h2-7H,8H2,1H3,(H,16,20)(H,17,18,19);(H,6,7). The smallest absolute Gasteiger partial charge is 0.475 e. The van der Waals surface area contributed by atoms with E-state index in [0.717, 1.165) is 23.2 Å². The Balaban J connectivity index is 0.000000423. The van der Waals surface area contributed by atoms with Gasteiger partial charge in [-0.25, -0.2) is 18.2 Å². The second kappa shape index (κ2) is 9.65.